The molecular formula is C16H14N4O2. The van der Waals surface area contributed by atoms with Crippen LogP contribution in [-0.2, 0) is 0 Å². The van der Waals surface area contributed by atoms with E-state index < -0.39 is 6.09 Å². The van der Waals surface area contributed by atoms with E-state index in [2.05, 4.69) is 10.1 Å². The van der Waals surface area contributed by atoms with Crippen LogP contribution in [0.3, 0.4) is 0 Å². The van der Waals surface area contributed by atoms with Gasteiger partial charge in [-0.05, 0) is 24.3 Å². The van der Waals surface area contributed by atoms with Crippen LogP contribution in [-0.4, -0.2) is 28.1 Å². The molecule has 3 rings (SSSR count). The molecule has 0 bridgehead atoms. The minimum absolute atomic E-state index is 0.526. The number of pyridine rings is 1. The number of carbonyl (C=O) groups is 1. The summed E-state index contributed by atoms with van der Waals surface area (Å²) in [6.45, 7) is 0. The maximum absolute atomic E-state index is 12.1. The van der Waals surface area contributed by atoms with Crippen molar-refractivity contribution in [3.05, 3.63) is 67.1 Å². The molecule has 0 aliphatic rings. The van der Waals surface area contributed by atoms with Crippen LogP contribution in [0.1, 0.15) is 0 Å². The fourth-order valence-electron chi connectivity index (χ4n) is 1.92. The van der Waals surface area contributed by atoms with Gasteiger partial charge in [-0.2, -0.15) is 0 Å². The van der Waals surface area contributed by atoms with Gasteiger partial charge in [-0.15, -0.1) is 5.10 Å². The summed E-state index contributed by atoms with van der Waals surface area (Å²) in [6.07, 6.45) is 4.38. The number of aromatic nitrogens is 3. The third-order valence-electron chi connectivity index (χ3n) is 3.11. The van der Waals surface area contributed by atoms with Crippen molar-refractivity contribution in [1.29, 1.82) is 0 Å². The van der Waals surface area contributed by atoms with Gasteiger partial charge in [-0.25, -0.2) is 4.79 Å². The molecule has 0 saturated heterocycles. The molecule has 2 aromatic heterocycles. The Balaban J connectivity index is 1.71. The maximum atomic E-state index is 12.1. The second-order valence-electron chi connectivity index (χ2n) is 4.60. The van der Waals surface area contributed by atoms with Crippen molar-refractivity contribution in [3.63, 3.8) is 0 Å². The number of hydrogen-bond donors (Lipinski definition) is 0. The molecule has 0 N–H and O–H groups in total. The second kappa shape index (κ2) is 6.09. The Morgan fingerprint density at radius 3 is 2.64 bits per heavy atom. The van der Waals surface area contributed by atoms with Crippen LogP contribution in [0.4, 0.5) is 10.5 Å². The molecule has 0 saturated carbocycles. The van der Waals surface area contributed by atoms with Crippen LogP contribution in [0, 0.1) is 0 Å². The average Bonchev–Trinajstić information content (AvgIpc) is 3.04. The highest BCUT2D eigenvalue weighted by atomic mass is 16.7. The lowest BCUT2D eigenvalue weighted by Crippen LogP contribution is -2.34. The summed E-state index contributed by atoms with van der Waals surface area (Å²) in [4.78, 5) is 24.0. The summed E-state index contributed by atoms with van der Waals surface area (Å²) >= 11 is 0. The Labute approximate surface area is 127 Å². The van der Waals surface area contributed by atoms with Gasteiger partial charge in [-0.3, -0.25) is 14.7 Å². The molecule has 2 heterocycles. The van der Waals surface area contributed by atoms with Gasteiger partial charge < -0.3 is 0 Å². The quantitative estimate of drug-likeness (QED) is 0.745. The van der Waals surface area contributed by atoms with E-state index in [1.54, 1.807) is 25.6 Å². The zero-order valence-electron chi connectivity index (χ0n) is 12.0. The van der Waals surface area contributed by atoms with E-state index in [0.717, 1.165) is 21.8 Å². The smallest absolute Gasteiger partial charge is 0.299 e. The van der Waals surface area contributed by atoms with Gasteiger partial charge in [0.25, 0.3) is 0 Å². The third-order valence-corrected chi connectivity index (χ3v) is 3.11. The lowest BCUT2D eigenvalue weighted by Gasteiger charge is -2.15. The minimum atomic E-state index is -0.526. The number of rotatable bonds is 3. The van der Waals surface area contributed by atoms with E-state index >= 15 is 0 Å². The molecule has 3 aromatic rings. The molecule has 1 amide bonds. The van der Waals surface area contributed by atoms with E-state index in [4.69, 9.17) is 4.84 Å². The summed E-state index contributed by atoms with van der Waals surface area (Å²) in [5.74, 6) is 0. The Morgan fingerprint density at radius 2 is 1.91 bits per heavy atom. The average molecular weight is 294 g/mol. The summed E-state index contributed by atoms with van der Waals surface area (Å²) < 4.78 is 0. The molecule has 0 radical (unpaired) electrons. The predicted molar refractivity (Wildman–Crippen MR) is 82.3 cm³/mol. The first-order valence-electron chi connectivity index (χ1n) is 6.71. The summed E-state index contributed by atoms with van der Waals surface area (Å²) in [5, 5.41) is 4.02. The number of anilines is 1. The molecule has 0 fully saturated rings. The Hall–Kier alpha value is -3.15. The highest BCUT2D eigenvalue weighted by Crippen LogP contribution is 2.15. The van der Waals surface area contributed by atoms with E-state index in [0.29, 0.717) is 0 Å². The normalized spacial score (nSPS) is 10.2. The van der Waals surface area contributed by atoms with E-state index in [1.807, 2.05) is 48.5 Å². The fraction of sp³-hybridized carbons (Fsp3) is 0.0625. The molecule has 6 heteroatoms. The lowest BCUT2D eigenvalue weighted by atomic mass is 10.2. The molecular weight excluding hydrogens is 280 g/mol. The standard InChI is InChI=1S/C16H14N4O2/c1-19(14-7-3-2-4-8-14)16(21)22-20-12-13(11-18-20)15-9-5-6-10-17-15/h2-12H,1H3. The predicted octanol–water partition coefficient (Wildman–Crippen LogP) is 2.63. The van der Waals surface area contributed by atoms with Crippen LogP contribution in [0.5, 0.6) is 0 Å². The van der Waals surface area contributed by atoms with E-state index in [-0.39, 0.29) is 0 Å². The fourth-order valence-corrected chi connectivity index (χ4v) is 1.92. The van der Waals surface area contributed by atoms with Gasteiger partial charge in [0.05, 0.1) is 18.1 Å². The second-order valence-corrected chi connectivity index (χ2v) is 4.60. The number of nitrogens with zero attached hydrogens (tertiary/aromatic N) is 4. The van der Waals surface area contributed by atoms with Crippen LogP contribution in [0.25, 0.3) is 11.3 Å². The van der Waals surface area contributed by atoms with Gasteiger partial charge >= 0.3 is 6.09 Å². The summed E-state index contributed by atoms with van der Waals surface area (Å²) in [6, 6.07) is 14.8. The van der Waals surface area contributed by atoms with Gasteiger partial charge in [0.2, 0.25) is 0 Å². The van der Waals surface area contributed by atoms with Crippen molar-refractivity contribution in [2.45, 2.75) is 0 Å². The van der Waals surface area contributed by atoms with Crippen LogP contribution < -0.4 is 9.74 Å². The van der Waals surface area contributed by atoms with Crippen molar-refractivity contribution < 1.29 is 9.63 Å². The first-order chi connectivity index (χ1) is 10.7. The minimum Gasteiger partial charge on any atom is -0.299 e. The SMILES string of the molecule is CN(C(=O)On1cc(-c2ccccn2)cn1)c1ccccc1. The van der Waals surface area contributed by atoms with Crippen molar-refractivity contribution in [2.75, 3.05) is 11.9 Å². The third kappa shape index (κ3) is 2.95. The molecule has 0 spiro atoms. The lowest BCUT2D eigenvalue weighted by molar-refractivity contribution is 0.124. The molecule has 0 unspecified atom stereocenters. The summed E-state index contributed by atoms with van der Waals surface area (Å²) in [7, 11) is 1.64. The Kier molecular flexibility index (Phi) is 3.82. The number of carbonyl (C=O) groups excluding carboxylic acids is 1. The van der Waals surface area contributed by atoms with Crippen molar-refractivity contribution >= 4 is 11.8 Å². The molecule has 1 aromatic carbocycles. The number of hydrogen-bond acceptors (Lipinski definition) is 4. The topological polar surface area (TPSA) is 60.2 Å². The van der Waals surface area contributed by atoms with Crippen molar-refractivity contribution in [1.82, 2.24) is 14.9 Å². The highest BCUT2D eigenvalue weighted by Gasteiger charge is 2.14. The molecule has 0 aliphatic carbocycles. The van der Waals surface area contributed by atoms with Gasteiger partial charge in [0, 0.05) is 24.5 Å². The van der Waals surface area contributed by atoms with E-state index in [9.17, 15) is 4.79 Å². The molecule has 22 heavy (non-hydrogen) atoms. The van der Waals surface area contributed by atoms with Crippen LogP contribution in [0.2, 0.25) is 0 Å². The number of para-hydroxylation sites is 1. The van der Waals surface area contributed by atoms with Crippen LogP contribution >= 0.6 is 0 Å². The number of benzene rings is 1. The first-order valence-corrected chi connectivity index (χ1v) is 6.71. The molecule has 110 valence electrons. The van der Waals surface area contributed by atoms with Gasteiger partial charge in [0.1, 0.15) is 0 Å². The molecule has 0 aliphatic heterocycles. The largest absolute Gasteiger partial charge is 0.440 e. The number of amides is 1. The van der Waals surface area contributed by atoms with E-state index in [1.165, 1.54) is 4.90 Å². The Bertz CT molecular complexity index is 756. The van der Waals surface area contributed by atoms with Gasteiger partial charge in [-0.1, -0.05) is 29.1 Å². The Morgan fingerprint density at radius 1 is 1.14 bits per heavy atom. The zero-order valence-corrected chi connectivity index (χ0v) is 12.0. The maximum Gasteiger partial charge on any atom is 0.440 e. The van der Waals surface area contributed by atoms with Gasteiger partial charge in [0.15, 0.2) is 0 Å². The highest BCUT2D eigenvalue weighted by molar-refractivity contribution is 5.87. The zero-order chi connectivity index (χ0) is 15.4. The van der Waals surface area contributed by atoms with Crippen LogP contribution in [0.15, 0.2) is 67.1 Å². The first kappa shape index (κ1) is 13.8. The van der Waals surface area contributed by atoms with Crippen molar-refractivity contribution in [2.24, 2.45) is 0 Å². The molecule has 6 nitrogen and oxygen atoms in total. The monoisotopic (exact) mass is 294 g/mol. The molecule has 0 atom stereocenters. The van der Waals surface area contributed by atoms with Crippen molar-refractivity contribution in [3.8, 4) is 11.3 Å². The summed E-state index contributed by atoms with van der Waals surface area (Å²) in [5.41, 5.74) is 2.28.